The highest BCUT2D eigenvalue weighted by Crippen LogP contribution is 2.25. The second-order valence-electron chi connectivity index (χ2n) is 4.98. The van der Waals surface area contributed by atoms with Crippen LogP contribution in [-0.2, 0) is 6.42 Å². The lowest BCUT2D eigenvalue weighted by molar-refractivity contribution is 0.108. The third-order valence-electron chi connectivity index (χ3n) is 3.51. The number of hydrogen-bond acceptors (Lipinski definition) is 3. The first-order valence-corrected chi connectivity index (χ1v) is 7.26. The van der Waals surface area contributed by atoms with E-state index in [4.69, 9.17) is 16.3 Å². The first-order chi connectivity index (χ1) is 10.7. The molecule has 1 heterocycles. The second-order valence-corrected chi connectivity index (χ2v) is 5.32. The first-order valence-electron chi connectivity index (χ1n) is 6.89. The van der Waals surface area contributed by atoms with Crippen molar-refractivity contribution < 1.29 is 9.53 Å². The van der Waals surface area contributed by atoms with Gasteiger partial charge in [0.25, 0.3) is 5.24 Å². The van der Waals surface area contributed by atoms with E-state index in [1.807, 2.05) is 42.5 Å². The summed E-state index contributed by atoms with van der Waals surface area (Å²) in [6.45, 7) is 0. The fourth-order valence-electron chi connectivity index (χ4n) is 2.45. The molecule has 110 valence electrons. The van der Waals surface area contributed by atoms with E-state index < -0.39 is 5.24 Å². The van der Waals surface area contributed by atoms with Crippen LogP contribution in [0.4, 0.5) is 0 Å². The Labute approximate surface area is 133 Å². The number of halogens is 1. The van der Waals surface area contributed by atoms with Crippen molar-refractivity contribution in [3.05, 3.63) is 71.4 Å². The van der Waals surface area contributed by atoms with Gasteiger partial charge in [-0.2, -0.15) is 0 Å². The lowest BCUT2D eigenvalue weighted by Crippen LogP contribution is -1.99. The highest BCUT2D eigenvalue weighted by Gasteiger charge is 2.12. The van der Waals surface area contributed by atoms with Gasteiger partial charge in [0.05, 0.1) is 12.6 Å². The van der Waals surface area contributed by atoms with Crippen LogP contribution in [0.3, 0.4) is 0 Å². The van der Waals surface area contributed by atoms with Gasteiger partial charge in [0, 0.05) is 29.1 Å². The summed E-state index contributed by atoms with van der Waals surface area (Å²) in [6, 6.07) is 17.2. The number of fused-ring (bicyclic) bond motifs is 1. The average Bonchev–Trinajstić information content (AvgIpc) is 2.54. The molecule has 0 radical (unpaired) electrons. The zero-order valence-electron chi connectivity index (χ0n) is 12.0. The maximum absolute atomic E-state index is 11.7. The fourth-order valence-corrected chi connectivity index (χ4v) is 2.60. The summed E-state index contributed by atoms with van der Waals surface area (Å²) in [4.78, 5) is 16.4. The second kappa shape index (κ2) is 6.16. The number of carbonyl (C=O) groups is 1. The van der Waals surface area contributed by atoms with E-state index in [-0.39, 0.29) is 0 Å². The molecule has 0 amide bonds. The molecule has 4 heteroatoms. The SMILES string of the molecule is COc1ccc2c(C(=O)Cl)cc(Cc3ccccc3)nc2c1. The summed E-state index contributed by atoms with van der Waals surface area (Å²) >= 11 is 5.73. The molecule has 3 nitrogen and oxygen atoms in total. The van der Waals surface area contributed by atoms with Crippen LogP contribution in [0.2, 0.25) is 0 Å². The van der Waals surface area contributed by atoms with Crippen molar-refractivity contribution >= 4 is 27.7 Å². The molecule has 0 spiro atoms. The minimum atomic E-state index is -0.480. The zero-order valence-corrected chi connectivity index (χ0v) is 12.8. The van der Waals surface area contributed by atoms with Crippen LogP contribution in [0.1, 0.15) is 21.6 Å². The van der Waals surface area contributed by atoms with E-state index in [1.165, 1.54) is 0 Å². The largest absolute Gasteiger partial charge is 0.497 e. The molecule has 0 aliphatic rings. The van der Waals surface area contributed by atoms with Gasteiger partial charge in [-0.1, -0.05) is 30.3 Å². The van der Waals surface area contributed by atoms with Gasteiger partial charge in [-0.15, -0.1) is 0 Å². The molecule has 22 heavy (non-hydrogen) atoms. The van der Waals surface area contributed by atoms with Crippen LogP contribution >= 0.6 is 11.6 Å². The maximum atomic E-state index is 11.7. The number of methoxy groups -OCH3 is 1. The fraction of sp³-hybridized carbons (Fsp3) is 0.111. The number of carbonyl (C=O) groups excluding carboxylic acids is 1. The smallest absolute Gasteiger partial charge is 0.253 e. The van der Waals surface area contributed by atoms with Crippen LogP contribution in [0, 0.1) is 0 Å². The topological polar surface area (TPSA) is 39.2 Å². The first kappa shape index (κ1) is 14.5. The van der Waals surface area contributed by atoms with Gasteiger partial charge >= 0.3 is 0 Å². The molecular weight excluding hydrogens is 298 g/mol. The van der Waals surface area contributed by atoms with E-state index in [1.54, 1.807) is 19.2 Å². The Morgan fingerprint density at radius 1 is 1.14 bits per heavy atom. The van der Waals surface area contributed by atoms with Crippen molar-refractivity contribution in [2.24, 2.45) is 0 Å². The minimum Gasteiger partial charge on any atom is -0.497 e. The van der Waals surface area contributed by atoms with Gasteiger partial charge in [-0.3, -0.25) is 9.78 Å². The van der Waals surface area contributed by atoms with E-state index >= 15 is 0 Å². The molecule has 3 rings (SSSR count). The Morgan fingerprint density at radius 2 is 1.91 bits per heavy atom. The standard InChI is InChI=1S/C18H14ClNO2/c1-22-14-7-8-15-16(18(19)21)10-13(20-17(15)11-14)9-12-5-3-2-4-6-12/h2-8,10-11H,9H2,1H3. The number of benzene rings is 2. The molecule has 0 fully saturated rings. The summed E-state index contributed by atoms with van der Waals surface area (Å²) in [5.74, 6) is 0.699. The predicted molar refractivity (Wildman–Crippen MR) is 87.7 cm³/mol. The quantitative estimate of drug-likeness (QED) is 0.677. The van der Waals surface area contributed by atoms with Crippen molar-refractivity contribution in [1.29, 1.82) is 0 Å². The molecule has 0 atom stereocenters. The molecule has 0 aliphatic carbocycles. The van der Waals surface area contributed by atoms with Gasteiger partial charge in [0.2, 0.25) is 0 Å². The molecule has 0 aliphatic heterocycles. The number of aromatic nitrogens is 1. The summed E-state index contributed by atoms with van der Waals surface area (Å²) in [5.41, 5.74) is 3.11. The highest BCUT2D eigenvalue weighted by atomic mass is 35.5. The molecule has 0 N–H and O–H groups in total. The molecular formula is C18H14ClNO2. The van der Waals surface area contributed by atoms with Gasteiger partial charge < -0.3 is 4.74 Å². The highest BCUT2D eigenvalue weighted by molar-refractivity contribution is 6.68. The lowest BCUT2D eigenvalue weighted by Gasteiger charge is -2.08. The molecule has 1 aromatic heterocycles. The third kappa shape index (κ3) is 2.95. The maximum Gasteiger partial charge on any atom is 0.253 e. The van der Waals surface area contributed by atoms with Crippen LogP contribution in [-0.4, -0.2) is 17.3 Å². The summed E-state index contributed by atoms with van der Waals surface area (Å²) in [7, 11) is 1.60. The molecule has 3 aromatic rings. The lowest BCUT2D eigenvalue weighted by atomic mass is 10.0. The molecule has 0 saturated carbocycles. The number of ether oxygens (including phenoxy) is 1. The van der Waals surface area contributed by atoms with Crippen molar-refractivity contribution in [2.75, 3.05) is 7.11 Å². The Hall–Kier alpha value is -2.39. The average molecular weight is 312 g/mol. The minimum absolute atomic E-state index is 0.472. The Kier molecular flexibility index (Phi) is 4.07. The van der Waals surface area contributed by atoms with E-state index in [2.05, 4.69) is 4.98 Å². The van der Waals surface area contributed by atoms with E-state index in [0.717, 1.165) is 16.6 Å². The van der Waals surface area contributed by atoms with E-state index in [9.17, 15) is 4.79 Å². The Morgan fingerprint density at radius 3 is 2.59 bits per heavy atom. The molecule has 0 unspecified atom stereocenters. The van der Waals surface area contributed by atoms with Gasteiger partial charge in [-0.05, 0) is 35.4 Å². The van der Waals surface area contributed by atoms with Gasteiger partial charge in [0.1, 0.15) is 5.75 Å². The van der Waals surface area contributed by atoms with Crippen molar-refractivity contribution in [3.8, 4) is 5.75 Å². The van der Waals surface area contributed by atoms with Crippen LogP contribution in [0.15, 0.2) is 54.6 Å². The number of pyridine rings is 1. The van der Waals surface area contributed by atoms with Crippen molar-refractivity contribution in [3.63, 3.8) is 0 Å². The number of hydrogen-bond donors (Lipinski definition) is 0. The van der Waals surface area contributed by atoms with Gasteiger partial charge in [-0.25, -0.2) is 0 Å². The summed E-state index contributed by atoms with van der Waals surface area (Å²) < 4.78 is 5.22. The Balaban J connectivity index is 2.12. The van der Waals surface area contributed by atoms with Crippen molar-refractivity contribution in [1.82, 2.24) is 4.98 Å². The van der Waals surface area contributed by atoms with Crippen LogP contribution in [0.25, 0.3) is 10.9 Å². The predicted octanol–water partition coefficient (Wildman–Crippen LogP) is 4.21. The normalized spacial score (nSPS) is 10.6. The zero-order chi connectivity index (χ0) is 15.5. The molecule has 0 saturated heterocycles. The molecule has 0 bridgehead atoms. The third-order valence-corrected chi connectivity index (χ3v) is 3.71. The van der Waals surface area contributed by atoms with Crippen molar-refractivity contribution in [2.45, 2.75) is 6.42 Å². The number of nitrogens with zero attached hydrogens (tertiary/aromatic N) is 1. The summed E-state index contributed by atoms with van der Waals surface area (Å²) in [6.07, 6.45) is 0.644. The monoisotopic (exact) mass is 311 g/mol. The van der Waals surface area contributed by atoms with Gasteiger partial charge in [0.15, 0.2) is 0 Å². The molecule has 2 aromatic carbocycles. The van der Waals surface area contributed by atoms with E-state index in [0.29, 0.717) is 23.3 Å². The van der Waals surface area contributed by atoms with Crippen LogP contribution < -0.4 is 4.74 Å². The van der Waals surface area contributed by atoms with Crippen LogP contribution in [0.5, 0.6) is 5.75 Å². The Bertz CT molecular complexity index is 831. The summed E-state index contributed by atoms with van der Waals surface area (Å²) in [5, 5.41) is 0.254. The number of rotatable bonds is 4.